The van der Waals surface area contributed by atoms with Crippen molar-refractivity contribution in [1.82, 2.24) is 0 Å². The van der Waals surface area contributed by atoms with Gasteiger partial charge in [-0.25, -0.2) is 0 Å². The summed E-state index contributed by atoms with van der Waals surface area (Å²) >= 11 is 0. The highest BCUT2D eigenvalue weighted by molar-refractivity contribution is 5.48. The molecule has 1 unspecified atom stereocenters. The van der Waals surface area contributed by atoms with Crippen LogP contribution in [0.1, 0.15) is 44.2 Å². The van der Waals surface area contributed by atoms with E-state index in [9.17, 15) is 0 Å². The zero-order valence-corrected chi connectivity index (χ0v) is 11.9. The van der Waals surface area contributed by atoms with Crippen molar-refractivity contribution < 1.29 is 5.11 Å². The first-order valence-corrected chi connectivity index (χ1v) is 7.46. The molecule has 19 heavy (non-hydrogen) atoms. The van der Waals surface area contributed by atoms with Gasteiger partial charge in [-0.05, 0) is 49.3 Å². The first-order chi connectivity index (χ1) is 9.24. The minimum atomic E-state index is 0.151. The van der Waals surface area contributed by atoms with Gasteiger partial charge in [0.2, 0.25) is 0 Å². The third-order valence-electron chi connectivity index (χ3n) is 4.18. The van der Waals surface area contributed by atoms with Gasteiger partial charge >= 0.3 is 0 Å². The minimum Gasteiger partial charge on any atom is -0.396 e. The number of piperidine rings is 1. The maximum atomic E-state index is 9.07. The lowest BCUT2D eigenvalue weighted by molar-refractivity contribution is 0.244. The number of hydrogen-bond donors (Lipinski definition) is 2. The summed E-state index contributed by atoms with van der Waals surface area (Å²) in [4.78, 5) is 2.44. The Kier molecular flexibility index (Phi) is 5.23. The van der Waals surface area contributed by atoms with E-state index in [1.54, 1.807) is 0 Å². The van der Waals surface area contributed by atoms with Crippen LogP contribution >= 0.6 is 0 Å². The quantitative estimate of drug-likeness (QED) is 0.858. The Hall–Kier alpha value is -1.06. The lowest BCUT2D eigenvalue weighted by atomic mass is 9.94. The molecule has 3 heteroatoms. The molecule has 3 N–H and O–H groups in total. The lowest BCUT2D eigenvalue weighted by Gasteiger charge is -2.34. The summed E-state index contributed by atoms with van der Waals surface area (Å²) in [5.74, 6) is 0.635. The smallest absolute Gasteiger partial charge is 0.0434 e. The summed E-state index contributed by atoms with van der Waals surface area (Å²) in [5.41, 5.74) is 8.55. The van der Waals surface area contributed by atoms with E-state index in [0.717, 1.165) is 25.9 Å². The first-order valence-electron chi connectivity index (χ1n) is 7.46. The number of anilines is 1. The largest absolute Gasteiger partial charge is 0.396 e. The number of benzene rings is 1. The monoisotopic (exact) mass is 262 g/mol. The molecule has 2 atom stereocenters. The fourth-order valence-corrected chi connectivity index (χ4v) is 2.89. The van der Waals surface area contributed by atoms with Gasteiger partial charge < -0.3 is 15.7 Å². The molecule has 1 aliphatic heterocycles. The van der Waals surface area contributed by atoms with Crippen molar-refractivity contribution in [3.05, 3.63) is 29.8 Å². The molecule has 1 saturated heterocycles. The Morgan fingerprint density at radius 3 is 2.74 bits per heavy atom. The van der Waals surface area contributed by atoms with Crippen LogP contribution in [0.5, 0.6) is 0 Å². The average Bonchev–Trinajstić information content (AvgIpc) is 2.47. The van der Waals surface area contributed by atoms with Crippen LogP contribution in [0.3, 0.4) is 0 Å². The molecule has 0 bridgehead atoms. The zero-order valence-electron chi connectivity index (χ0n) is 11.9. The molecule has 1 aromatic rings. The van der Waals surface area contributed by atoms with Crippen LogP contribution in [0.4, 0.5) is 5.69 Å². The minimum absolute atomic E-state index is 0.151. The van der Waals surface area contributed by atoms with Gasteiger partial charge in [-0.15, -0.1) is 0 Å². The summed E-state index contributed by atoms with van der Waals surface area (Å²) in [7, 11) is 0. The highest BCUT2D eigenvalue weighted by Crippen LogP contribution is 2.26. The molecule has 1 fully saturated rings. The van der Waals surface area contributed by atoms with Crippen molar-refractivity contribution in [2.45, 2.75) is 38.6 Å². The van der Waals surface area contributed by atoms with Gasteiger partial charge in [0.1, 0.15) is 0 Å². The Labute approximate surface area is 116 Å². The second-order valence-electron chi connectivity index (χ2n) is 5.57. The molecule has 1 heterocycles. The van der Waals surface area contributed by atoms with Gasteiger partial charge in [-0.3, -0.25) is 0 Å². The van der Waals surface area contributed by atoms with Crippen molar-refractivity contribution in [3.8, 4) is 0 Å². The summed E-state index contributed by atoms with van der Waals surface area (Å²) in [6.07, 6.45) is 4.37. The van der Waals surface area contributed by atoms with E-state index < -0.39 is 0 Å². The topological polar surface area (TPSA) is 49.5 Å². The Morgan fingerprint density at radius 1 is 1.37 bits per heavy atom. The van der Waals surface area contributed by atoms with E-state index in [0.29, 0.717) is 12.5 Å². The second kappa shape index (κ2) is 6.92. The Balaban J connectivity index is 2.01. The number of nitrogens with two attached hydrogens (primary N) is 1. The average molecular weight is 262 g/mol. The van der Waals surface area contributed by atoms with Gasteiger partial charge in [0.15, 0.2) is 0 Å². The lowest BCUT2D eigenvalue weighted by Crippen LogP contribution is -2.35. The van der Waals surface area contributed by atoms with Crippen LogP contribution < -0.4 is 10.6 Å². The van der Waals surface area contributed by atoms with Crippen LogP contribution in [0.25, 0.3) is 0 Å². The predicted molar refractivity (Wildman–Crippen MR) is 80.3 cm³/mol. The summed E-state index contributed by atoms with van der Waals surface area (Å²) in [5, 5.41) is 9.07. The first kappa shape index (κ1) is 14.4. The number of rotatable bonds is 5. The van der Waals surface area contributed by atoms with Crippen molar-refractivity contribution in [2.75, 3.05) is 24.6 Å². The van der Waals surface area contributed by atoms with Gasteiger partial charge in [0.05, 0.1) is 0 Å². The van der Waals surface area contributed by atoms with Gasteiger partial charge in [-0.1, -0.05) is 19.1 Å². The molecule has 1 aliphatic rings. The van der Waals surface area contributed by atoms with Crippen molar-refractivity contribution in [3.63, 3.8) is 0 Å². The van der Waals surface area contributed by atoms with Crippen molar-refractivity contribution >= 4 is 5.69 Å². The molecule has 0 amide bonds. The van der Waals surface area contributed by atoms with Gasteiger partial charge in [0.25, 0.3) is 0 Å². The summed E-state index contributed by atoms with van der Waals surface area (Å²) in [6.45, 7) is 4.62. The summed E-state index contributed by atoms with van der Waals surface area (Å²) < 4.78 is 0. The molecule has 0 radical (unpaired) electrons. The highest BCUT2D eigenvalue weighted by Gasteiger charge is 2.19. The van der Waals surface area contributed by atoms with E-state index in [1.807, 2.05) is 0 Å². The van der Waals surface area contributed by atoms with Crippen molar-refractivity contribution in [1.29, 1.82) is 0 Å². The SMILES string of the molecule is CC[C@H](N)c1ccc(N2CCCC(CCO)C2)cc1. The number of aliphatic hydroxyl groups excluding tert-OH is 1. The second-order valence-corrected chi connectivity index (χ2v) is 5.57. The molecule has 106 valence electrons. The molecule has 0 aromatic heterocycles. The standard InChI is InChI=1S/C16H26N2O/c1-2-16(17)14-5-7-15(8-6-14)18-10-3-4-13(12-18)9-11-19/h5-8,13,16,19H,2-4,9-12,17H2,1H3/t13?,16-/m0/s1. The fraction of sp³-hybridized carbons (Fsp3) is 0.625. The van der Waals surface area contributed by atoms with Crippen LogP contribution in [-0.2, 0) is 0 Å². The third-order valence-corrected chi connectivity index (χ3v) is 4.18. The highest BCUT2D eigenvalue weighted by atomic mass is 16.3. The maximum Gasteiger partial charge on any atom is 0.0434 e. The Morgan fingerprint density at radius 2 is 2.11 bits per heavy atom. The fourth-order valence-electron chi connectivity index (χ4n) is 2.89. The predicted octanol–water partition coefficient (Wildman–Crippen LogP) is 2.70. The van der Waals surface area contributed by atoms with Crippen LogP contribution in [0, 0.1) is 5.92 Å². The number of hydrogen-bond acceptors (Lipinski definition) is 3. The molecule has 0 spiro atoms. The number of aliphatic hydroxyl groups is 1. The Bertz CT molecular complexity index is 375. The summed E-state index contributed by atoms with van der Waals surface area (Å²) in [6, 6.07) is 8.83. The third kappa shape index (κ3) is 3.71. The zero-order chi connectivity index (χ0) is 13.7. The molecule has 3 nitrogen and oxygen atoms in total. The van der Waals surface area contributed by atoms with E-state index in [4.69, 9.17) is 10.8 Å². The molecule has 0 saturated carbocycles. The number of nitrogens with zero attached hydrogens (tertiary/aromatic N) is 1. The van der Waals surface area contributed by atoms with E-state index in [-0.39, 0.29) is 6.04 Å². The van der Waals surface area contributed by atoms with Gasteiger partial charge in [-0.2, -0.15) is 0 Å². The van der Waals surface area contributed by atoms with Crippen LogP contribution in [-0.4, -0.2) is 24.8 Å². The molecule has 1 aromatic carbocycles. The van der Waals surface area contributed by atoms with E-state index in [2.05, 4.69) is 36.1 Å². The van der Waals surface area contributed by atoms with E-state index in [1.165, 1.54) is 24.1 Å². The van der Waals surface area contributed by atoms with Gasteiger partial charge in [0, 0.05) is 31.4 Å². The molecule has 0 aliphatic carbocycles. The molecular formula is C16H26N2O. The van der Waals surface area contributed by atoms with Crippen molar-refractivity contribution in [2.24, 2.45) is 11.7 Å². The van der Waals surface area contributed by atoms with Crippen LogP contribution in [0.2, 0.25) is 0 Å². The maximum absolute atomic E-state index is 9.07. The van der Waals surface area contributed by atoms with Crippen LogP contribution in [0.15, 0.2) is 24.3 Å². The van der Waals surface area contributed by atoms with E-state index >= 15 is 0 Å². The molecule has 2 rings (SSSR count). The molecular weight excluding hydrogens is 236 g/mol. The normalized spacial score (nSPS) is 21.4.